The summed E-state index contributed by atoms with van der Waals surface area (Å²) in [4.78, 5) is 2.26. The number of furan rings is 1. The molecule has 0 radical (unpaired) electrons. The summed E-state index contributed by atoms with van der Waals surface area (Å²) in [5.41, 5.74) is 11.7. The Balaban J connectivity index is 1.22. The van der Waals surface area contributed by atoms with E-state index in [0.717, 1.165) is 61.6 Å². The van der Waals surface area contributed by atoms with Crippen molar-refractivity contribution in [3.63, 3.8) is 0 Å². The van der Waals surface area contributed by atoms with Crippen LogP contribution in [0.5, 0.6) is 11.5 Å². The monoisotopic (exact) mass is 589 g/mol. The summed E-state index contributed by atoms with van der Waals surface area (Å²) in [5, 5.41) is 2.10. The van der Waals surface area contributed by atoms with Crippen molar-refractivity contribution in [3.8, 4) is 22.6 Å². The Bertz CT molecular complexity index is 2370. The minimum absolute atomic E-state index is 0.521. The van der Waals surface area contributed by atoms with Gasteiger partial charge in [0, 0.05) is 45.0 Å². The Morgan fingerprint density at radius 1 is 0.391 bits per heavy atom. The molecule has 0 fully saturated rings. The number of hydrogen-bond acceptors (Lipinski definition) is 3. The molecule has 0 saturated carbocycles. The first-order chi connectivity index (χ1) is 22.8. The standard InChI is InChI=1S/C43H27NO2/c1-3-13-28(14-4-1)44(29-15-5-2-6-16-29)30-23-24-33-34-26-42-38(27-41(34)46-40(33)25-30)43(37-21-11-12-22-39(37)45-42)35-19-9-7-17-31(35)32-18-8-10-20-36(32)43/h1-27H. The molecule has 0 bridgehead atoms. The molecule has 0 atom stereocenters. The molecular weight excluding hydrogens is 562 g/mol. The van der Waals surface area contributed by atoms with Crippen molar-refractivity contribution in [2.24, 2.45) is 0 Å². The van der Waals surface area contributed by atoms with Crippen molar-refractivity contribution in [2.45, 2.75) is 5.41 Å². The predicted molar refractivity (Wildman–Crippen MR) is 186 cm³/mol. The Kier molecular flexibility index (Phi) is 5.20. The fraction of sp³-hybridized carbons (Fsp3) is 0.0233. The van der Waals surface area contributed by atoms with Crippen LogP contribution in [0, 0.1) is 0 Å². The normalized spacial score (nSPS) is 13.6. The van der Waals surface area contributed by atoms with Crippen LogP contribution in [-0.2, 0) is 5.41 Å². The lowest BCUT2D eigenvalue weighted by molar-refractivity contribution is 0.437. The van der Waals surface area contributed by atoms with E-state index in [1.54, 1.807) is 0 Å². The number of rotatable bonds is 3. The van der Waals surface area contributed by atoms with Crippen LogP contribution in [0.3, 0.4) is 0 Å². The fourth-order valence-electron chi connectivity index (χ4n) is 7.85. The lowest BCUT2D eigenvalue weighted by Gasteiger charge is -2.39. The predicted octanol–water partition coefficient (Wildman–Crippen LogP) is 11.5. The van der Waals surface area contributed by atoms with Gasteiger partial charge in [-0.1, -0.05) is 103 Å². The van der Waals surface area contributed by atoms with Gasteiger partial charge in [0.1, 0.15) is 22.7 Å². The first kappa shape index (κ1) is 25.3. The van der Waals surface area contributed by atoms with Crippen LogP contribution < -0.4 is 9.64 Å². The zero-order chi connectivity index (χ0) is 30.2. The zero-order valence-electron chi connectivity index (χ0n) is 24.9. The molecule has 1 spiro atoms. The lowest BCUT2D eigenvalue weighted by Crippen LogP contribution is -2.32. The van der Waals surface area contributed by atoms with Crippen LogP contribution in [0.25, 0.3) is 33.1 Å². The Labute approximate surface area is 266 Å². The number of para-hydroxylation sites is 3. The molecule has 46 heavy (non-hydrogen) atoms. The molecule has 1 aromatic heterocycles. The van der Waals surface area contributed by atoms with E-state index < -0.39 is 5.41 Å². The van der Waals surface area contributed by atoms with Gasteiger partial charge in [-0.2, -0.15) is 0 Å². The maximum absolute atomic E-state index is 6.77. The van der Waals surface area contributed by atoms with Gasteiger partial charge in [-0.25, -0.2) is 0 Å². The summed E-state index contributed by atoms with van der Waals surface area (Å²) < 4.78 is 13.5. The van der Waals surface area contributed by atoms with E-state index in [1.165, 1.54) is 22.3 Å². The second kappa shape index (κ2) is 9.47. The molecule has 1 aliphatic heterocycles. The van der Waals surface area contributed by atoms with E-state index in [2.05, 4.69) is 157 Å². The topological polar surface area (TPSA) is 25.6 Å². The second-order valence-electron chi connectivity index (χ2n) is 12.1. The SMILES string of the molecule is c1ccc(N(c2ccccc2)c2ccc3c(c2)oc2cc4c(cc23)Oc2ccccc2C42c3ccccc3-c3ccccc32)cc1. The van der Waals surface area contributed by atoms with Crippen LogP contribution in [-0.4, -0.2) is 0 Å². The van der Waals surface area contributed by atoms with Gasteiger partial charge in [0.15, 0.2) is 0 Å². The van der Waals surface area contributed by atoms with Gasteiger partial charge in [-0.3, -0.25) is 0 Å². The molecule has 2 aliphatic rings. The van der Waals surface area contributed by atoms with Crippen molar-refractivity contribution >= 4 is 39.0 Å². The van der Waals surface area contributed by atoms with E-state index in [0.29, 0.717) is 0 Å². The van der Waals surface area contributed by atoms with Gasteiger partial charge < -0.3 is 14.1 Å². The molecular formula is C43H27NO2. The summed E-state index contributed by atoms with van der Waals surface area (Å²) in [6.45, 7) is 0. The number of ether oxygens (including phenoxy) is 1. The van der Waals surface area contributed by atoms with Gasteiger partial charge in [-0.05, 0) is 76.9 Å². The Hall–Kier alpha value is -6.06. The molecule has 10 rings (SSSR count). The van der Waals surface area contributed by atoms with Crippen LogP contribution in [0.4, 0.5) is 17.1 Å². The highest BCUT2D eigenvalue weighted by Gasteiger charge is 2.51. The van der Waals surface area contributed by atoms with Crippen LogP contribution in [0.2, 0.25) is 0 Å². The highest BCUT2D eigenvalue weighted by Crippen LogP contribution is 2.62. The van der Waals surface area contributed by atoms with Gasteiger partial charge in [0.25, 0.3) is 0 Å². The third-order valence-electron chi connectivity index (χ3n) is 9.71. The highest BCUT2D eigenvalue weighted by molar-refractivity contribution is 6.07. The molecule has 0 amide bonds. The van der Waals surface area contributed by atoms with E-state index in [-0.39, 0.29) is 0 Å². The number of fused-ring (bicyclic) bond motifs is 12. The first-order valence-corrected chi connectivity index (χ1v) is 15.7. The lowest BCUT2D eigenvalue weighted by atomic mass is 9.66. The number of nitrogens with zero attached hydrogens (tertiary/aromatic N) is 1. The minimum Gasteiger partial charge on any atom is -0.457 e. The minimum atomic E-state index is -0.521. The van der Waals surface area contributed by atoms with E-state index >= 15 is 0 Å². The molecule has 216 valence electrons. The van der Waals surface area contributed by atoms with E-state index in [9.17, 15) is 0 Å². The quantitative estimate of drug-likeness (QED) is 0.205. The molecule has 3 nitrogen and oxygen atoms in total. The Morgan fingerprint density at radius 3 is 1.63 bits per heavy atom. The van der Waals surface area contributed by atoms with Crippen molar-refractivity contribution in [3.05, 3.63) is 186 Å². The van der Waals surface area contributed by atoms with Crippen LogP contribution in [0.15, 0.2) is 168 Å². The molecule has 0 N–H and O–H groups in total. The molecule has 1 aliphatic carbocycles. The second-order valence-corrected chi connectivity index (χ2v) is 12.1. The summed E-state index contributed by atoms with van der Waals surface area (Å²) in [5.74, 6) is 1.75. The summed E-state index contributed by atoms with van der Waals surface area (Å²) in [6, 6.07) is 57.9. The molecule has 8 aromatic rings. The maximum atomic E-state index is 6.77. The first-order valence-electron chi connectivity index (χ1n) is 15.7. The van der Waals surface area contributed by atoms with Gasteiger partial charge in [-0.15, -0.1) is 0 Å². The fourth-order valence-corrected chi connectivity index (χ4v) is 7.85. The zero-order valence-corrected chi connectivity index (χ0v) is 24.9. The average Bonchev–Trinajstić information content (AvgIpc) is 3.62. The number of anilines is 3. The van der Waals surface area contributed by atoms with E-state index in [1.807, 2.05) is 12.1 Å². The van der Waals surface area contributed by atoms with Gasteiger partial charge in [0.2, 0.25) is 0 Å². The average molecular weight is 590 g/mol. The third-order valence-corrected chi connectivity index (χ3v) is 9.71. The smallest absolute Gasteiger partial charge is 0.137 e. The van der Waals surface area contributed by atoms with E-state index in [4.69, 9.17) is 9.15 Å². The van der Waals surface area contributed by atoms with Crippen molar-refractivity contribution < 1.29 is 9.15 Å². The molecule has 2 heterocycles. The number of benzene rings is 7. The Morgan fingerprint density at radius 2 is 0.957 bits per heavy atom. The van der Waals surface area contributed by atoms with Crippen molar-refractivity contribution in [2.75, 3.05) is 4.90 Å². The molecule has 0 unspecified atom stereocenters. The molecule has 7 aromatic carbocycles. The highest BCUT2D eigenvalue weighted by atomic mass is 16.5. The summed E-state index contributed by atoms with van der Waals surface area (Å²) in [6.07, 6.45) is 0. The van der Waals surface area contributed by atoms with Crippen molar-refractivity contribution in [1.29, 1.82) is 0 Å². The van der Waals surface area contributed by atoms with Crippen LogP contribution in [0.1, 0.15) is 22.3 Å². The van der Waals surface area contributed by atoms with Gasteiger partial charge >= 0.3 is 0 Å². The largest absolute Gasteiger partial charge is 0.457 e. The third kappa shape index (κ3) is 3.37. The molecule has 0 saturated heterocycles. The van der Waals surface area contributed by atoms with Crippen LogP contribution >= 0.6 is 0 Å². The summed E-state index contributed by atoms with van der Waals surface area (Å²) >= 11 is 0. The number of hydrogen-bond donors (Lipinski definition) is 0. The summed E-state index contributed by atoms with van der Waals surface area (Å²) in [7, 11) is 0. The molecule has 3 heteroatoms. The maximum Gasteiger partial charge on any atom is 0.137 e. The van der Waals surface area contributed by atoms with Crippen molar-refractivity contribution in [1.82, 2.24) is 0 Å². The van der Waals surface area contributed by atoms with Gasteiger partial charge in [0.05, 0.1) is 5.41 Å².